The van der Waals surface area contributed by atoms with Crippen molar-refractivity contribution < 1.29 is 4.74 Å². The molecule has 1 aliphatic rings. The van der Waals surface area contributed by atoms with Gasteiger partial charge in [-0.05, 0) is 30.2 Å². The molecule has 15 heavy (non-hydrogen) atoms. The summed E-state index contributed by atoms with van der Waals surface area (Å²) in [6, 6.07) is 0.502. The first-order valence-corrected chi connectivity index (χ1v) is 6.94. The molecular weight excluding hydrogens is 206 g/mol. The van der Waals surface area contributed by atoms with Gasteiger partial charge in [0.25, 0.3) is 0 Å². The first kappa shape index (κ1) is 12.9. The summed E-state index contributed by atoms with van der Waals surface area (Å²) >= 11 is 2.01. The topological polar surface area (TPSA) is 21.3 Å². The van der Waals surface area contributed by atoms with Gasteiger partial charge in [-0.1, -0.05) is 20.8 Å². The molecule has 1 heterocycles. The standard InChI is InChI=1S/C12H23NOS/c1-4-13-12(9-15-10(2)3)11-6-5-7-14-8-11/h8,10,12-13H,4-7,9H2,1-3H3. The Bertz CT molecular complexity index is 204. The Balaban J connectivity index is 2.44. The van der Waals surface area contributed by atoms with E-state index in [0.717, 1.165) is 18.9 Å². The largest absolute Gasteiger partial charge is 0.501 e. The number of nitrogens with one attached hydrogen (secondary N) is 1. The molecule has 0 bridgehead atoms. The monoisotopic (exact) mass is 229 g/mol. The zero-order chi connectivity index (χ0) is 11.1. The van der Waals surface area contributed by atoms with Gasteiger partial charge in [0.1, 0.15) is 0 Å². The fraction of sp³-hybridized carbons (Fsp3) is 0.833. The van der Waals surface area contributed by atoms with Crippen LogP contribution in [0.2, 0.25) is 0 Å². The summed E-state index contributed by atoms with van der Waals surface area (Å²) in [4.78, 5) is 0. The van der Waals surface area contributed by atoms with Gasteiger partial charge in [-0.3, -0.25) is 0 Å². The van der Waals surface area contributed by atoms with Crippen LogP contribution in [0.25, 0.3) is 0 Å². The number of thioether (sulfide) groups is 1. The van der Waals surface area contributed by atoms with Crippen LogP contribution in [0.3, 0.4) is 0 Å². The number of hydrogen-bond acceptors (Lipinski definition) is 3. The highest BCUT2D eigenvalue weighted by Crippen LogP contribution is 2.20. The van der Waals surface area contributed by atoms with Crippen LogP contribution < -0.4 is 5.32 Å². The molecule has 1 unspecified atom stereocenters. The Kier molecular flexibility index (Phi) is 6.18. The Morgan fingerprint density at radius 1 is 1.53 bits per heavy atom. The Morgan fingerprint density at radius 2 is 2.33 bits per heavy atom. The molecule has 0 aromatic carbocycles. The summed E-state index contributed by atoms with van der Waals surface area (Å²) < 4.78 is 5.40. The zero-order valence-corrected chi connectivity index (χ0v) is 10.9. The van der Waals surface area contributed by atoms with Crippen molar-refractivity contribution in [3.63, 3.8) is 0 Å². The van der Waals surface area contributed by atoms with E-state index < -0.39 is 0 Å². The van der Waals surface area contributed by atoms with Gasteiger partial charge in [-0.2, -0.15) is 11.8 Å². The quantitative estimate of drug-likeness (QED) is 0.757. The second-order valence-corrected chi connectivity index (χ2v) is 5.77. The molecule has 88 valence electrons. The van der Waals surface area contributed by atoms with E-state index in [9.17, 15) is 0 Å². The Labute approximate surface area is 97.8 Å². The minimum atomic E-state index is 0.502. The van der Waals surface area contributed by atoms with E-state index in [0.29, 0.717) is 11.3 Å². The van der Waals surface area contributed by atoms with Gasteiger partial charge in [0.05, 0.1) is 12.9 Å². The van der Waals surface area contributed by atoms with Crippen LogP contribution in [0, 0.1) is 0 Å². The summed E-state index contributed by atoms with van der Waals surface area (Å²) in [6.07, 6.45) is 4.33. The number of ether oxygens (including phenoxy) is 1. The maximum atomic E-state index is 5.40. The Hall–Kier alpha value is -0.150. The van der Waals surface area contributed by atoms with Crippen LogP contribution in [-0.2, 0) is 4.74 Å². The molecule has 3 heteroatoms. The average molecular weight is 229 g/mol. The minimum absolute atomic E-state index is 0.502. The molecule has 0 aromatic heterocycles. The van der Waals surface area contributed by atoms with E-state index in [1.807, 2.05) is 18.0 Å². The fourth-order valence-corrected chi connectivity index (χ4v) is 2.58. The molecule has 0 aliphatic carbocycles. The fourth-order valence-electron chi connectivity index (χ4n) is 1.67. The molecule has 2 nitrogen and oxygen atoms in total. The lowest BCUT2D eigenvalue weighted by molar-refractivity contribution is 0.220. The lowest BCUT2D eigenvalue weighted by Gasteiger charge is -2.24. The van der Waals surface area contributed by atoms with Gasteiger partial charge < -0.3 is 10.1 Å². The number of hydrogen-bond donors (Lipinski definition) is 1. The van der Waals surface area contributed by atoms with Crippen LogP contribution in [-0.4, -0.2) is 30.2 Å². The van der Waals surface area contributed by atoms with Crippen molar-refractivity contribution in [3.05, 3.63) is 11.8 Å². The van der Waals surface area contributed by atoms with Crippen molar-refractivity contribution >= 4 is 11.8 Å². The van der Waals surface area contributed by atoms with Crippen molar-refractivity contribution in [2.45, 2.75) is 44.9 Å². The third-order valence-electron chi connectivity index (χ3n) is 2.46. The molecule has 0 radical (unpaired) electrons. The molecule has 1 aliphatic heterocycles. The Morgan fingerprint density at radius 3 is 2.87 bits per heavy atom. The maximum absolute atomic E-state index is 5.40. The van der Waals surface area contributed by atoms with E-state index in [-0.39, 0.29) is 0 Å². The van der Waals surface area contributed by atoms with Gasteiger partial charge in [0, 0.05) is 11.8 Å². The first-order chi connectivity index (χ1) is 7.24. The predicted octanol–water partition coefficient (Wildman–Crippen LogP) is 2.80. The SMILES string of the molecule is CCNC(CSC(C)C)C1=COCCC1. The van der Waals surface area contributed by atoms with Crippen LogP contribution in [0.4, 0.5) is 0 Å². The van der Waals surface area contributed by atoms with E-state index in [1.54, 1.807) is 0 Å². The molecule has 0 saturated heterocycles. The second kappa shape index (κ2) is 7.18. The third-order valence-corrected chi connectivity index (χ3v) is 3.65. The van der Waals surface area contributed by atoms with Crippen LogP contribution in [0.15, 0.2) is 11.8 Å². The summed E-state index contributed by atoms with van der Waals surface area (Å²) in [5, 5.41) is 4.24. The van der Waals surface area contributed by atoms with E-state index in [4.69, 9.17) is 4.74 Å². The van der Waals surface area contributed by atoms with Crippen molar-refractivity contribution in [2.75, 3.05) is 18.9 Å². The van der Waals surface area contributed by atoms with Crippen LogP contribution >= 0.6 is 11.8 Å². The normalized spacial score (nSPS) is 18.5. The summed E-state index contributed by atoms with van der Waals surface area (Å²) in [5.41, 5.74) is 1.44. The van der Waals surface area contributed by atoms with Gasteiger partial charge in [-0.25, -0.2) is 0 Å². The zero-order valence-electron chi connectivity index (χ0n) is 10.1. The van der Waals surface area contributed by atoms with Crippen LogP contribution in [0.1, 0.15) is 33.6 Å². The predicted molar refractivity (Wildman–Crippen MR) is 68.3 cm³/mol. The van der Waals surface area contributed by atoms with Gasteiger partial charge in [0.15, 0.2) is 0 Å². The van der Waals surface area contributed by atoms with Crippen molar-refractivity contribution in [1.29, 1.82) is 0 Å². The lowest BCUT2D eigenvalue weighted by Crippen LogP contribution is -2.34. The van der Waals surface area contributed by atoms with Crippen molar-refractivity contribution in [1.82, 2.24) is 5.32 Å². The van der Waals surface area contributed by atoms with E-state index in [2.05, 4.69) is 26.1 Å². The molecule has 1 rings (SSSR count). The summed E-state index contributed by atoms with van der Waals surface area (Å²) in [7, 11) is 0. The highest BCUT2D eigenvalue weighted by Gasteiger charge is 2.16. The van der Waals surface area contributed by atoms with Crippen molar-refractivity contribution in [2.24, 2.45) is 0 Å². The maximum Gasteiger partial charge on any atom is 0.0876 e. The van der Waals surface area contributed by atoms with Gasteiger partial charge in [-0.15, -0.1) is 0 Å². The minimum Gasteiger partial charge on any atom is -0.501 e. The molecule has 0 spiro atoms. The number of rotatable bonds is 6. The summed E-state index contributed by atoms with van der Waals surface area (Å²) in [6.45, 7) is 8.58. The highest BCUT2D eigenvalue weighted by molar-refractivity contribution is 7.99. The van der Waals surface area contributed by atoms with Crippen LogP contribution in [0.5, 0.6) is 0 Å². The molecule has 0 amide bonds. The van der Waals surface area contributed by atoms with Gasteiger partial charge in [0.2, 0.25) is 0 Å². The van der Waals surface area contributed by atoms with E-state index >= 15 is 0 Å². The lowest BCUT2D eigenvalue weighted by atomic mass is 10.0. The molecule has 0 saturated carbocycles. The molecule has 1 N–H and O–H groups in total. The molecule has 1 atom stereocenters. The third kappa shape index (κ3) is 4.94. The molecule has 0 aromatic rings. The van der Waals surface area contributed by atoms with Gasteiger partial charge >= 0.3 is 0 Å². The average Bonchev–Trinajstić information content (AvgIpc) is 2.25. The molecule has 0 fully saturated rings. The smallest absolute Gasteiger partial charge is 0.0876 e. The number of likely N-dealkylation sites (N-methyl/N-ethyl adjacent to an activating group) is 1. The highest BCUT2D eigenvalue weighted by atomic mass is 32.2. The van der Waals surface area contributed by atoms with E-state index in [1.165, 1.54) is 18.4 Å². The van der Waals surface area contributed by atoms with Crippen molar-refractivity contribution in [3.8, 4) is 0 Å². The summed E-state index contributed by atoms with van der Waals surface area (Å²) in [5.74, 6) is 1.15. The second-order valence-electron chi connectivity index (χ2n) is 4.16. The first-order valence-electron chi connectivity index (χ1n) is 5.89. The molecular formula is C12H23NOS.